The highest BCUT2D eigenvalue weighted by molar-refractivity contribution is 6.32. The first-order chi connectivity index (χ1) is 18.0. The summed E-state index contributed by atoms with van der Waals surface area (Å²) in [5.74, 6) is 0.951. The lowest BCUT2D eigenvalue weighted by atomic mass is 10.0. The van der Waals surface area contributed by atoms with Crippen LogP contribution in [0.25, 0.3) is 28.1 Å². The summed E-state index contributed by atoms with van der Waals surface area (Å²) in [6, 6.07) is 11.1. The molecule has 0 bridgehead atoms. The Bertz CT molecular complexity index is 1540. The van der Waals surface area contributed by atoms with Crippen molar-refractivity contribution in [3.8, 4) is 33.8 Å². The summed E-state index contributed by atoms with van der Waals surface area (Å²) >= 11 is 6.61. The number of imidazole rings is 1. The molecule has 4 heterocycles. The van der Waals surface area contributed by atoms with Gasteiger partial charge >= 0.3 is 5.69 Å². The van der Waals surface area contributed by atoms with Gasteiger partial charge in [-0.05, 0) is 63.6 Å². The van der Waals surface area contributed by atoms with E-state index in [0.717, 1.165) is 48.8 Å². The minimum absolute atomic E-state index is 0.0750. The highest BCUT2D eigenvalue weighted by atomic mass is 35.5. The number of benzene rings is 1. The van der Waals surface area contributed by atoms with Crippen LogP contribution >= 0.6 is 11.6 Å². The number of aryl methyl sites for hydroxylation is 2. The standard InChI is InChI=1S/C29H33ClN6O2/c1-19-16-22(20-6-7-24(23(30)17-20)36-15-10-33(5)28(36)38)27(37)26(32-19)21-8-9-31-25(18-21)34-11-13-35(14-12-34)29(2,3)4/h6-10,15-18,37H,11-14H2,1-5H3. The fourth-order valence-electron chi connectivity index (χ4n) is 4.95. The van der Waals surface area contributed by atoms with E-state index in [2.05, 4.69) is 40.5 Å². The number of anilines is 1. The van der Waals surface area contributed by atoms with Crippen LogP contribution in [0.1, 0.15) is 26.5 Å². The highest BCUT2D eigenvalue weighted by Gasteiger charge is 2.26. The molecule has 0 atom stereocenters. The van der Waals surface area contributed by atoms with Crippen LogP contribution in [-0.4, -0.2) is 60.8 Å². The first kappa shape index (κ1) is 26.0. The molecule has 0 unspecified atom stereocenters. The van der Waals surface area contributed by atoms with E-state index < -0.39 is 0 Å². The third-order valence-corrected chi connectivity index (χ3v) is 7.46. The van der Waals surface area contributed by atoms with E-state index in [0.29, 0.717) is 22.0 Å². The zero-order chi connectivity index (χ0) is 27.2. The third-order valence-electron chi connectivity index (χ3n) is 7.16. The summed E-state index contributed by atoms with van der Waals surface area (Å²) in [7, 11) is 1.69. The fraction of sp³-hybridized carbons (Fsp3) is 0.345. The van der Waals surface area contributed by atoms with Crippen LogP contribution in [0.5, 0.6) is 5.75 Å². The lowest BCUT2D eigenvalue weighted by Gasteiger charge is -2.42. The largest absolute Gasteiger partial charge is 0.505 e. The van der Waals surface area contributed by atoms with Crippen LogP contribution in [0.15, 0.2) is 59.8 Å². The fourth-order valence-corrected chi connectivity index (χ4v) is 5.22. The van der Waals surface area contributed by atoms with Crippen molar-refractivity contribution in [3.05, 3.63) is 76.2 Å². The zero-order valence-electron chi connectivity index (χ0n) is 22.4. The van der Waals surface area contributed by atoms with Gasteiger partial charge in [-0.3, -0.25) is 9.47 Å². The molecule has 5 rings (SSSR count). The maximum Gasteiger partial charge on any atom is 0.332 e. The van der Waals surface area contributed by atoms with Crippen LogP contribution in [-0.2, 0) is 7.05 Å². The molecule has 0 radical (unpaired) electrons. The molecule has 0 aliphatic carbocycles. The molecule has 4 aromatic rings. The van der Waals surface area contributed by atoms with Crippen molar-refractivity contribution in [2.75, 3.05) is 31.1 Å². The first-order valence-electron chi connectivity index (χ1n) is 12.7. The second kappa shape index (κ2) is 9.93. The Kier molecular flexibility index (Phi) is 6.79. The van der Waals surface area contributed by atoms with Crippen molar-refractivity contribution in [2.45, 2.75) is 33.2 Å². The van der Waals surface area contributed by atoms with Crippen molar-refractivity contribution in [2.24, 2.45) is 7.05 Å². The Morgan fingerprint density at radius 1 is 0.974 bits per heavy atom. The Hall–Kier alpha value is -3.62. The highest BCUT2D eigenvalue weighted by Crippen LogP contribution is 2.39. The summed E-state index contributed by atoms with van der Waals surface area (Å²) in [5, 5.41) is 11.8. The molecule has 1 aliphatic rings. The number of aromatic hydroxyl groups is 1. The molecule has 198 valence electrons. The van der Waals surface area contributed by atoms with Crippen LogP contribution in [0, 0.1) is 6.92 Å². The molecule has 1 saturated heterocycles. The van der Waals surface area contributed by atoms with Gasteiger partial charge in [0.2, 0.25) is 0 Å². The van der Waals surface area contributed by atoms with Crippen molar-refractivity contribution in [1.29, 1.82) is 0 Å². The number of hydrogen-bond acceptors (Lipinski definition) is 6. The van der Waals surface area contributed by atoms with Crippen LogP contribution in [0.2, 0.25) is 5.02 Å². The molecule has 1 fully saturated rings. The second-order valence-electron chi connectivity index (χ2n) is 10.8. The second-order valence-corrected chi connectivity index (χ2v) is 11.2. The molecule has 0 saturated carbocycles. The number of rotatable bonds is 4. The summed E-state index contributed by atoms with van der Waals surface area (Å²) in [5.41, 5.74) is 3.97. The molecule has 9 heteroatoms. The number of piperazine rings is 1. The minimum atomic E-state index is -0.183. The van der Waals surface area contributed by atoms with E-state index in [1.165, 1.54) is 9.13 Å². The number of nitrogens with zero attached hydrogens (tertiary/aromatic N) is 6. The lowest BCUT2D eigenvalue weighted by Crippen LogP contribution is -2.53. The van der Waals surface area contributed by atoms with E-state index >= 15 is 0 Å². The predicted octanol–water partition coefficient (Wildman–Crippen LogP) is 4.89. The third kappa shape index (κ3) is 4.93. The predicted molar refractivity (Wildman–Crippen MR) is 152 cm³/mol. The number of aromatic nitrogens is 4. The summed E-state index contributed by atoms with van der Waals surface area (Å²) in [6.45, 7) is 12.4. The van der Waals surface area contributed by atoms with Crippen LogP contribution in [0.3, 0.4) is 0 Å². The molecule has 8 nitrogen and oxygen atoms in total. The van der Waals surface area contributed by atoms with Gasteiger partial charge in [0.1, 0.15) is 17.3 Å². The van der Waals surface area contributed by atoms with Crippen molar-refractivity contribution in [1.82, 2.24) is 24.0 Å². The number of hydrogen-bond donors (Lipinski definition) is 1. The summed E-state index contributed by atoms with van der Waals surface area (Å²) in [4.78, 5) is 26.4. The van der Waals surface area contributed by atoms with Gasteiger partial charge in [0.15, 0.2) is 0 Å². The van der Waals surface area contributed by atoms with Gasteiger partial charge in [0.05, 0.1) is 10.7 Å². The van der Waals surface area contributed by atoms with Crippen LogP contribution in [0.4, 0.5) is 5.82 Å². The van der Waals surface area contributed by atoms with E-state index in [1.807, 2.05) is 31.2 Å². The maximum atomic E-state index is 12.4. The molecule has 1 aromatic carbocycles. The van der Waals surface area contributed by atoms with Crippen molar-refractivity contribution < 1.29 is 5.11 Å². The van der Waals surface area contributed by atoms with Gasteiger partial charge in [0.25, 0.3) is 0 Å². The lowest BCUT2D eigenvalue weighted by molar-refractivity contribution is 0.128. The molecule has 1 N–H and O–H groups in total. The molecule has 0 amide bonds. The Morgan fingerprint density at radius 2 is 1.71 bits per heavy atom. The molecular formula is C29H33ClN6O2. The van der Waals surface area contributed by atoms with E-state index in [-0.39, 0.29) is 17.0 Å². The van der Waals surface area contributed by atoms with E-state index in [1.54, 1.807) is 37.8 Å². The number of halogens is 1. The molecule has 0 spiro atoms. The average molecular weight is 533 g/mol. The molecule has 1 aliphatic heterocycles. The van der Waals surface area contributed by atoms with Gasteiger partial charge in [-0.25, -0.2) is 14.8 Å². The van der Waals surface area contributed by atoms with Crippen molar-refractivity contribution >= 4 is 17.4 Å². The summed E-state index contributed by atoms with van der Waals surface area (Å²) < 4.78 is 2.98. The smallest absolute Gasteiger partial charge is 0.332 e. The van der Waals surface area contributed by atoms with Gasteiger partial charge in [-0.15, -0.1) is 0 Å². The Balaban J connectivity index is 1.47. The van der Waals surface area contributed by atoms with Gasteiger partial charge in [-0.1, -0.05) is 17.7 Å². The van der Waals surface area contributed by atoms with Crippen LogP contribution < -0.4 is 10.6 Å². The average Bonchev–Trinajstić information content (AvgIpc) is 3.22. The van der Waals surface area contributed by atoms with E-state index in [4.69, 9.17) is 11.6 Å². The molecule has 38 heavy (non-hydrogen) atoms. The quantitative estimate of drug-likeness (QED) is 0.403. The Labute approximate surface area is 227 Å². The topological polar surface area (TPSA) is 79.4 Å². The normalized spacial score (nSPS) is 14.7. The van der Waals surface area contributed by atoms with Crippen molar-refractivity contribution in [3.63, 3.8) is 0 Å². The first-order valence-corrected chi connectivity index (χ1v) is 13.1. The van der Waals surface area contributed by atoms with Gasteiger partial charge < -0.3 is 14.6 Å². The van der Waals surface area contributed by atoms with E-state index in [9.17, 15) is 9.90 Å². The maximum absolute atomic E-state index is 12.4. The van der Waals surface area contributed by atoms with Gasteiger partial charge in [-0.2, -0.15) is 0 Å². The SMILES string of the molecule is Cc1cc(-c2ccc(-n3ccn(C)c3=O)c(Cl)c2)c(O)c(-c2ccnc(N3CCN(C(C)(C)C)CC3)c2)n1. The Morgan fingerprint density at radius 3 is 2.34 bits per heavy atom. The monoisotopic (exact) mass is 532 g/mol. The summed E-state index contributed by atoms with van der Waals surface area (Å²) in [6.07, 6.45) is 5.14. The van der Waals surface area contributed by atoms with Gasteiger partial charge in [0, 0.05) is 74.2 Å². The minimum Gasteiger partial charge on any atom is -0.505 e. The zero-order valence-corrected chi connectivity index (χ0v) is 23.2. The number of pyridine rings is 2. The molecular weight excluding hydrogens is 500 g/mol. The molecule has 3 aromatic heterocycles.